The largest absolute Gasteiger partial charge is 0.610 e. The van der Waals surface area contributed by atoms with E-state index in [0.29, 0.717) is 26.2 Å². The molecule has 11 heavy (non-hydrogen) atoms. The Kier molecular flexibility index (Phi) is 8.52. The molecule has 1 heterocycles. The number of piperazine rings is 1. The van der Waals surface area contributed by atoms with Crippen LogP contribution in [0.15, 0.2) is 0 Å². The molecular weight excluding hydrogens is 370 g/mol. The Morgan fingerprint density at radius 2 is 1.09 bits per heavy atom. The minimum atomic E-state index is -0.472. The van der Waals surface area contributed by atoms with Crippen LogP contribution in [0.5, 0.6) is 0 Å². The van der Waals surface area contributed by atoms with E-state index in [4.69, 9.17) is 30.5 Å². The summed E-state index contributed by atoms with van der Waals surface area (Å²) in [6, 6.07) is 0. The molecule has 1 aliphatic heterocycles. The molecule has 0 bridgehead atoms. The van der Waals surface area contributed by atoms with Gasteiger partial charge in [-0.15, -0.1) is 0 Å². The molecule has 0 radical (unpaired) electrons. The third-order valence-corrected chi connectivity index (χ3v) is 1.28. The first-order valence-electron chi connectivity index (χ1n) is 2.95. The number of rotatable bonds is 0. The first-order valence-corrected chi connectivity index (χ1v) is 8.58. The summed E-state index contributed by atoms with van der Waals surface area (Å²) in [5, 5.41) is 2.98. The fourth-order valence-corrected chi connectivity index (χ4v) is 0.706. The van der Waals surface area contributed by atoms with Gasteiger partial charge in [0.2, 0.25) is 0 Å². The molecular formula is C4H10Cl2N4Pt. The van der Waals surface area contributed by atoms with Crippen LogP contribution in [0, 0.1) is 0 Å². The second-order valence-electron chi connectivity index (χ2n) is 2.02. The van der Waals surface area contributed by atoms with Crippen molar-refractivity contribution >= 4 is 18.8 Å². The van der Waals surface area contributed by atoms with Gasteiger partial charge in [0.25, 0.3) is 0 Å². The molecule has 70 valence electrons. The molecule has 0 aliphatic carbocycles. The number of halogens is 2. The van der Waals surface area contributed by atoms with E-state index in [0.717, 1.165) is 0 Å². The van der Waals surface area contributed by atoms with Gasteiger partial charge in [-0.25, -0.2) is 0 Å². The average molecular weight is 380 g/mol. The predicted molar refractivity (Wildman–Crippen MR) is 43.5 cm³/mol. The Labute approximate surface area is 83.1 Å². The van der Waals surface area contributed by atoms with Crippen molar-refractivity contribution in [1.82, 2.24) is 10.0 Å². The van der Waals surface area contributed by atoms with Crippen LogP contribution >= 0.6 is 18.8 Å². The summed E-state index contributed by atoms with van der Waals surface area (Å²) in [5.41, 5.74) is 0. The summed E-state index contributed by atoms with van der Waals surface area (Å²) < 4.78 is 0. The molecule has 0 unspecified atom stereocenters. The summed E-state index contributed by atoms with van der Waals surface area (Å²) in [7, 11) is 9.75. The zero-order chi connectivity index (χ0) is 8.69. The molecule has 0 aromatic carbocycles. The van der Waals surface area contributed by atoms with Crippen molar-refractivity contribution in [2.24, 2.45) is 0 Å². The fourth-order valence-electron chi connectivity index (χ4n) is 0.706. The van der Waals surface area contributed by atoms with Gasteiger partial charge < -0.3 is 21.7 Å². The van der Waals surface area contributed by atoms with Crippen molar-refractivity contribution in [3.05, 3.63) is 11.7 Å². The second kappa shape index (κ2) is 7.74. The SMILES string of the molecule is [Cl][Pt+2][Cl].[NH-]N1CCN([NH-])CC1. The standard InChI is InChI=1S/C4H10N4.2ClH.Pt/c5-7-1-2-8(6)4-3-7;;;/h5-6H,1-4H2;2*1H;/q-2;;;+4/p-2. The smallest absolute Gasteiger partial charge is 0.00819 e. The van der Waals surface area contributed by atoms with E-state index in [1.165, 1.54) is 10.0 Å². The predicted octanol–water partition coefficient (Wildman–Crippen LogP) is 1.91. The number of nitrogens with zero attached hydrogens (tertiary/aromatic N) is 2. The molecule has 7 heteroatoms. The Hall–Kier alpha value is 1.11. The molecule has 0 saturated carbocycles. The minimum Gasteiger partial charge on any atom is -0.610 e. The van der Waals surface area contributed by atoms with Crippen molar-refractivity contribution in [2.75, 3.05) is 26.2 Å². The zero-order valence-electron chi connectivity index (χ0n) is 5.80. The quantitative estimate of drug-likeness (QED) is 0.645. The van der Waals surface area contributed by atoms with Gasteiger partial charge >= 0.3 is 35.3 Å². The van der Waals surface area contributed by atoms with E-state index < -0.39 is 16.5 Å². The molecule has 0 aromatic rings. The van der Waals surface area contributed by atoms with Gasteiger partial charge in [0.05, 0.1) is 0 Å². The van der Waals surface area contributed by atoms with E-state index in [9.17, 15) is 0 Å². The minimum absolute atomic E-state index is 0.472. The Balaban J connectivity index is 0.000000292. The Bertz CT molecular complexity index is 78.2. The maximum absolute atomic E-state index is 7.09. The number of hydrogen-bond acceptors (Lipinski definition) is 2. The van der Waals surface area contributed by atoms with E-state index in [2.05, 4.69) is 0 Å². The van der Waals surface area contributed by atoms with Gasteiger partial charge in [-0.05, 0) is 26.2 Å². The first kappa shape index (κ1) is 12.1. The van der Waals surface area contributed by atoms with Gasteiger partial charge in [-0.1, -0.05) is 0 Å². The summed E-state index contributed by atoms with van der Waals surface area (Å²) >= 11 is -0.472. The molecule has 2 N–H and O–H groups in total. The number of hydrogen-bond donors (Lipinski definition) is 0. The fraction of sp³-hybridized carbons (Fsp3) is 1.00. The van der Waals surface area contributed by atoms with Crippen molar-refractivity contribution < 1.29 is 16.5 Å². The van der Waals surface area contributed by atoms with Crippen LogP contribution in [-0.4, -0.2) is 36.2 Å². The van der Waals surface area contributed by atoms with E-state index in [-0.39, 0.29) is 0 Å². The third-order valence-electron chi connectivity index (χ3n) is 1.28. The Morgan fingerprint density at radius 3 is 1.27 bits per heavy atom. The van der Waals surface area contributed by atoms with Crippen LogP contribution in [0.3, 0.4) is 0 Å². The summed E-state index contributed by atoms with van der Waals surface area (Å²) in [6.45, 7) is 2.85. The van der Waals surface area contributed by atoms with Crippen LogP contribution in [-0.2, 0) is 16.5 Å². The average Bonchev–Trinajstić information content (AvgIpc) is 1.97. The van der Waals surface area contributed by atoms with E-state index >= 15 is 0 Å². The van der Waals surface area contributed by atoms with Crippen molar-refractivity contribution in [1.29, 1.82) is 0 Å². The molecule has 0 atom stereocenters. The third kappa shape index (κ3) is 7.47. The van der Waals surface area contributed by atoms with Crippen LogP contribution in [0.2, 0.25) is 0 Å². The molecule has 0 aromatic heterocycles. The monoisotopic (exact) mass is 379 g/mol. The van der Waals surface area contributed by atoms with Crippen LogP contribution in [0.1, 0.15) is 0 Å². The normalized spacial score (nSPS) is 21.1. The van der Waals surface area contributed by atoms with Crippen molar-refractivity contribution in [3.8, 4) is 0 Å². The molecule has 1 rings (SSSR count). The summed E-state index contributed by atoms with van der Waals surface area (Å²) in [4.78, 5) is 0. The van der Waals surface area contributed by atoms with E-state index in [1.807, 2.05) is 0 Å². The van der Waals surface area contributed by atoms with Gasteiger partial charge in [0.15, 0.2) is 0 Å². The summed E-state index contributed by atoms with van der Waals surface area (Å²) in [5.74, 6) is 14.2. The maximum Gasteiger partial charge on any atom is -0.00819 e. The van der Waals surface area contributed by atoms with Crippen LogP contribution in [0.4, 0.5) is 0 Å². The molecule has 4 nitrogen and oxygen atoms in total. The molecule has 1 saturated heterocycles. The van der Waals surface area contributed by atoms with Crippen LogP contribution in [0.25, 0.3) is 11.7 Å². The summed E-state index contributed by atoms with van der Waals surface area (Å²) in [6.07, 6.45) is 0. The van der Waals surface area contributed by atoms with Gasteiger partial charge in [0.1, 0.15) is 0 Å². The van der Waals surface area contributed by atoms with Crippen molar-refractivity contribution in [2.45, 2.75) is 0 Å². The van der Waals surface area contributed by atoms with Gasteiger partial charge in [-0.3, -0.25) is 0 Å². The molecule has 1 fully saturated rings. The van der Waals surface area contributed by atoms with E-state index in [1.54, 1.807) is 0 Å². The van der Waals surface area contributed by atoms with Gasteiger partial charge in [0, 0.05) is 0 Å². The molecule has 0 amide bonds. The number of nitrogens with one attached hydrogen (secondary N) is 2. The topological polar surface area (TPSA) is 54.1 Å². The Morgan fingerprint density at radius 1 is 0.909 bits per heavy atom. The van der Waals surface area contributed by atoms with Gasteiger partial charge in [-0.2, -0.15) is 0 Å². The zero-order valence-corrected chi connectivity index (χ0v) is 9.58. The maximum atomic E-state index is 7.09. The second-order valence-corrected chi connectivity index (χ2v) is 5.30. The molecule has 1 aliphatic rings. The first-order chi connectivity index (χ1) is 5.20. The molecule has 0 spiro atoms. The van der Waals surface area contributed by atoms with Crippen LogP contribution < -0.4 is 0 Å². The van der Waals surface area contributed by atoms with Crippen molar-refractivity contribution in [3.63, 3.8) is 0 Å².